The maximum absolute atomic E-state index is 11.1. The van der Waals surface area contributed by atoms with Crippen LogP contribution in [0, 0.1) is 13.8 Å². The molecule has 0 aliphatic carbocycles. The summed E-state index contributed by atoms with van der Waals surface area (Å²) >= 11 is 5.43. The second-order valence-electron chi connectivity index (χ2n) is 3.35. The standard InChI is InChI=1S/C11H13ClO/c1-8-3-9(2)5-10(4-8)6-11(13)7-12/h3-5H,6-7H2,1-2H3. The van der Waals surface area contributed by atoms with Crippen molar-refractivity contribution in [2.75, 3.05) is 5.88 Å². The quantitative estimate of drug-likeness (QED) is 0.680. The fraction of sp³-hybridized carbons (Fsp3) is 0.364. The molecule has 2 heteroatoms. The van der Waals surface area contributed by atoms with Crippen LogP contribution in [0.1, 0.15) is 16.7 Å². The molecule has 0 heterocycles. The number of Topliss-reactive ketones (excluding diaryl/α,β-unsaturated/α-hetero) is 1. The number of benzene rings is 1. The fourth-order valence-electron chi connectivity index (χ4n) is 1.45. The molecule has 0 saturated heterocycles. The number of carbonyl (C=O) groups is 1. The van der Waals surface area contributed by atoms with E-state index in [4.69, 9.17) is 11.6 Å². The van der Waals surface area contributed by atoms with E-state index < -0.39 is 0 Å². The number of hydrogen-bond donors (Lipinski definition) is 0. The summed E-state index contributed by atoms with van der Waals surface area (Å²) in [6.45, 7) is 4.06. The summed E-state index contributed by atoms with van der Waals surface area (Å²) < 4.78 is 0. The smallest absolute Gasteiger partial charge is 0.151 e. The number of aryl methyl sites for hydroxylation is 2. The number of hydrogen-bond acceptors (Lipinski definition) is 1. The molecular formula is C11H13ClO. The number of carbonyl (C=O) groups excluding carboxylic acids is 1. The monoisotopic (exact) mass is 196 g/mol. The summed E-state index contributed by atoms with van der Waals surface area (Å²) in [5, 5.41) is 0. The lowest BCUT2D eigenvalue weighted by molar-refractivity contribution is -0.116. The molecule has 0 aliphatic heterocycles. The molecule has 1 aromatic rings. The summed E-state index contributed by atoms with van der Waals surface area (Å²) in [6.07, 6.45) is 0.450. The molecule has 70 valence electrons. The summed E-state index contributed by atoms with van der Waals surface area (Å²) in [4.78, 5) is 11.1. The number of halogens is 1. The minimum Gasteiger partial charge on any atom is -0.298 e. The van der Waals surface area contributed by atoms with Gasteiger partial charge in [-0.15, -0.1) is 11.6 Å². The third kappa shape index (κ3) is 3.19. The Bertz CT molecular complexity index is 298. The average Bonchev–Trinajstić information content (AvgIpc) is 2.02. The van der Waals surface area contributed by atoms with Crippen molar-refractivity contribution in [3.8, 4) is 0 Å². The molecule has 1 rings (SSSR count). The van der Waals surface area contributed by atoms with Gasteiger partial charge >= 0.3 is 0 Å². The lowest BCUT2D eigenvalue weighted by Gasteiger charge is -2.02. The van der Waals surface area contributed by atoms with Crippen molar-refractivity contribution in [2.24, 2.45) is 0 Å². The largest absolute Gasteiger partial charge is 0.298 e. The second kappa shape index (κ2) is 4.43. The van der Waals surface area contributed by atoms with Crippen molar-refractivity contribution >= 4 is 17.4 Å². The van der Waals surface area contributed by atoms with Gasteiger partial charge in [-0.3, -0.25) is 4.79 Å². The van der Waals surface area contributed by atoms with Gasteiger partial charge in [0.05, 0.1) is 5.88 Å². The maximum atomic E-state index is 11.1. The molecule has 13 heavy (non-hydrogen) atoms. The van der Waals surface area contributed by atoms with Crippen LogP contribution in [-0.2, 0) is 11.2 Å². The van der Waals surface area contributed by atoms with Crippen molar-refractivity contribution < 1.29 is 4.79 Å². The Hall–Kier alpha value is -0.820. The Balaban J connectivity index is 2.83. The van der Waals surface area contributed by atoms with Gasteiger partial charge in [0, 0.05) is 6.42 Å². The van der Waals surface area contributed by atoms with Crippen LogP contribution in [0.5, 0.6) is 0 Å². The highest BCUT2D eigenvalue weighted by Gasteiger charge is 2.02. The Labute approximate surface area is 83.7 Å². The van der Waals surface area contributed by atoms with E-state index in [-0.39, 0.29) is 11.7 Å². The van der Waals surface area contributed by atoms with Gasteiger partial charge < -0.3 is 0 Å². The molecule has 0 fully saturated rings. The number of ketones is 1. The van der Waals surface area contributed by atoms with E-state index in [1.54, 1.807) is 0 Å². The minimum absolute atomic E-state index is 0.0756. The van der Waals surface area contributed by atoms with E-state index in [0.717, 1.165) is 5.56 Å². The van der Waals surface area contributed by atoms with Crippen LogP contribution < -0.4 is 0 Å². The third-order valence-corrected chi connectivity index (χ3v) is 2.13. The van der Waals surface area contributed by atoms with Gasteiger partial charge in [-0.1, -0.05) is 29.3 Å². The van der Waals surface area contributed by atoms with E-state index in [0.29, 0.717) is 6.42 Å². The molecule has 0 unspecified atom stereocenters. The van der Waals surface area contributed by atoms with Crippen molar-refractivity contribution in [3.63, 3.8) is 0 Å². The van der Waals surface area contributed by atoms with Gasteiger partial charge in [0.25, 0.3) is 0 Å². The summed E-state index contributed by atoms with van der Waals surface area (Å²) in [5.41, 5.74) is 3.44. The molecule has 0 atom stereocenters. The minimum atomic E-state index is 0.0756. The molecule has 0 aliphatic rings. The highest BCUT2D eigenvalue weighted by atomic mass is 35.5. The summed E-state index contributed by atoms with van der Waals surface area (Å²) in [6, 6.07) is 6.14. The van der Waals surface area contributed by atoms with E-state index >= 15 is 0 Å². The predicted octanol–water partition coefficient (Wildman–Crippen LogP) is 2.65. The van der Waals surface area contributed by atoms with E-state index in [1.165, 1.54) is 11.1 Å². The van der Waals surface area contributed by atoms with Crippen LogP contribution in [0.2, 0.25) is 0 Å². The van der Waals surface area contributed by atoms with Gasteiger partial charge in [0.2, 0.25) is 0 Å². The molecule has 0 N–H and O–H groups in total. The third-order valence-electron chi connectivity index (χ3n) is 1.83. The first-order valence-electron chi connectivity index (χ1n) is 4.26. The highest BCUT2D eigenvalue weighted by Crippen LogP contribution is 2.09. The Morgan fingerprint density at radius 2 is 1.77 bits per heavy atom. The first-order valence-corrected chi connectivity index (χ1v) is 4.80. The molecule has 0 aromatic heterocycles. The lowest BCUT2D eigenvalue weighted by atomic mass is 10.0. The Kier molecular flexibility index (Phi) is 3.49. The van der Waals surface area contributed by atoms with Gasteiger partial charge in [0.1, 0.15) is 0 Å². The normalized spacial score (nSPS) is 10.1. The fourth-order valence-corrected chi connectivity index (χ4v) is 1.54. The molecule has 1 nitrogen and oxygen atoms in total. The topological polar surface area (TPSA) is 17.1 Å². The van der Waals surface area contributed by atoms with Crippen LogP contribution >= 0.6 is 11.6 Å². The summed E-state index contributed by atoms with van der Waals surface area (Å²) in [7, 11) is 0. The van der Waals surface area contributed by atoms with Crippen LogP contribution in [0.15, 0.2) is 18.2 Å². The summed E-state index contributed by atoms with van der Waals surface area (Å²) in [5.74, 6) is 0.180. The molecule has 0 radical (unpaired) electrons. The van der Waals surface area contributed by atoms with E-state index in [2.05, 4.69) is 6.07 Å². The van der Waals surface area contributed by atoms with Crippen molar-refractivity contribution in [1.82, 2.24) is 0 Å². The van der Waals surface area contributed by atoms with E-state index in [1.807, 2.05) is 26.0 Å². The van der Waals surface area contributed by atoms with Crippen molar-refractivity contribution in [3.05, 3.63) is 34.9 Å². The second-order valence-corrected chi connectivity index (χ2v) is 3.61. The maximum Gasteiger partial charge on any atom is 0.151 e. The van der Waals surface area contributed by atoms with Gasteiger partial charge in [0.15, 0.2) is 5.78 Å². The predicted molar refractivity (Wildman–Crippen MR) is 55.3 cm³/mol. The Morgan fingerprint density at radius 3 is 2.23 bits per heavy atom. The number of alkyl halides is 1. The zero-order valence-corrected chi connectivity index (χ0v) is 8.69. The van der Waals surface area contributed by atoms with Gasteiger partial charge in [-0.25, -0.2) is 0 Å². The first-order chi connectivity index (χ1) is 6.11. The van der Waals surface area contributed by atoms with Gasteiger partial charge in [-0.05, 0) is 19.4 Å². The molecule has 1 aromatic carbocycles. The number of rotatable bonds is 3. The molecule has 0 bridgehead atoms. The highest BCUT2D eigenvalue weighted by molar-refractivity contribution is 6.27. The van der Waals surface area contributed by atoms with E-state index in [9.17, 15) is 4.79 Å². The van der Waals surface area contributed by atoms with Crippen molar-refractivity contribution in [1.29, 1.82) is 0 Å². The molecule has 0 saturated carbocycles. The average molecular weight is 197 g/mol. The molecular weight excluding hydrogens is 184 g/mol. The van der Waals surface area contributed by atoms with Crippen LogP contribution in [0.4, 0.5) is 0 Å². The van der Waals surface area contributed by atoms with Crippen LogP contribution in [0.25, 0.3) is 0 Å². The SMILES string of the molecule is Cc1cc(C)cc(CC(=O)CCl)c1. The van der Waals surface area contributed by atoms with Gasteiger partial charge in [-0.2, -0.15) is 0 Å². The first kappa shape index (κ1) is 10.3. The zero-order chi connectivity index (χ0) is 9.84. The lowest BCUT2D eigenvalue weighted by Crippen LogP contribution is -2.04. The Morgan fingerprint density at radius 1 is 1.23 bits per heavy atom. The van der Waals surface area contributed by atoms with Crippen LogP contribution in [0.3, 0.4) is 0 Å². The van der Waals surface area contributed by atoms with Crippen molar-refractivity contribution in [2.45, 2.75) is 20.3 Å². The zero-order valence-electron chi connectivity index (χ0n) is 7.93. The van der Waals surface area contributed by atoms with Crippen LogP contribution in [-0.4, -0.2) is 11.7 Å². The molecule has 0 spiro atoms. The molecule has 0 amide bonds.